The Hall–Kier alpha value is -6.34. The van der Waals surface area contributed by atoms with E-state index in [0.29, 0.717) is 39.5 Å². The van der Waals surface area contributed by atoms with Crippen LogP contribution in [0, 0.1) is 0 Å². The number of azo groups is 1. The lowest BCUT2D eigenvalue weighted by atomic mass is 10.1. The topological polar surface area (TPSA) is 160 Å². The molecule has 0 amide bonds. The summed E-state index contributed by atoms with van der Waals surface area (Å²) in [4.78, 5) is 31.5. The Bertz CT molecular complexity index is 2360. The number of aromatic nitrogens is 6. The number of sulfonamides is 1. The molecule has 4 aromatic carbocycles. The van der Waals surface area contributed by atoms with E-state index in [1.807, 2.05) is 84.9 Å². The second-order valence-corrected chi connectivity index (χ2v) is 11.6. The number of rotatable bonds is 8. The van der Waals surface area contributed by atoms with Gasteiger partial charge >= 0.3 is 5.56 Å². The Labute approximate surface area is 262 Å². The molecule has 7 aromatic rings. The number of nitrogens with one attached hydrogen (secondary N) is 2. The number of hydrogen-bond acceptors (Lipinski definition) is 9. The number of H-pyrrole nitrogens is 1. The molecule has 0 fully saturated rings. The molecular formula is C33H23N9O3S. The van der Waals surface area contributed by atoms with Crippen LogP contribution in [-0.4, -0.2) is 38.1 Å². The highest BCUT2D eigenvalue weighted by Crippen LogP contribution is 2.31. The fraction of sp³-hybridized carbons (Fsp3) is 0. The highest BCUT2D eigenvalue weighted by molar-refractivity contribution is 7.92. The minimum atomic E-state index is -3.94. The van der Waals surface area contributed by atoms with Gasteiger partial charge in [-0.3, -0.25) is 9.89 Å². The SMILES string of the molecule is O=c1c(N=Nc2ccc(S(=O)(=O)Nc3ncccn3)cc2)c(-c2ccccc2)[nH]n1-c1nc2ccccc2nc1-c1ccccc1. The van der Waals surface area contributed by atoms with Crippen LogP contribution in [-0.2, 0) is 10.0 Å². The first-order valence-electron chi connectivity index (χ1n) is 14.0. The van der Waals surface area contributed by atoms with Crippen molar-refractivity contribution < 1.29 is 8.42 Å². The lowest BCUT2D eigenvalue weighted by Gasteiger charge is -2.10. The number of anilines is 1. The van der Waals surface area contributed by atoms with Gasteiger partial charge in [-0.2, -0.15) is 9.80 Å². The first kappa shape index (κ1) is 28.4. The molecule has 0 saturated carbocycles. The molecule has 0 aliphatic carbocycles. The van der Waals surface area contributed by atoms with E-state index in [2.05, 4.69) is 30.0 Å². The predicted octanol–water partition coefficient (Wildman–Crippen LogP) is 6.45. The summed E-state index contributed by atoms with van der Waals surface area (Å²) in [5, 5.41) is 11.8. The summed E-state index contributed by atoms with van der Waals surface area (Å²) in [5.41, 5.74) is 3.61. The molecule has 0 radical (unpaired) electrons. The molecule has 46 heavy (non-hydrogen) atoms. The van der Waals surface area contributed by atoms with Crippen molar-refractivity contribution >= 4 is 38.4 Å². The van der Waals surface area contributed by atoms with Crippen molar-refractivity contribution in [1.82, 2.24) is 29.7 Å². The van der Waals surface area contributed by atoms with Gasteiger partial charge in [0.2, 0.25) is 5.95 Å². The standard InChI is InChI=1S/C33H23N9O3S/c43-32-30(39-38-24-16-18-25(19-17-24)46(44,45)41-33-34-20-9-21-35-33)28(22-10-3-1-4-11-22)40-42(32)31-29(23-12-5-2-6-13-23)36-26-14-7-8-15-27(26)37-31/h1-21,40H,(H,34,35,41). The molecule has 7 rings (SSSR count). The summed E-state index contributed by atoms with van der Waals surface area (Å²) in [6.07, 6.45) is 2.87. The molecule has 13 heteroatoms. The highest BCUT2D eigenvalue weighted by Gasteiger charge is 2.22. The van der Waals surface area contributed by atoms with Crippen LogP contribution in [0.4, 0.5) is 17.3 Å². The van der Waals surface area contributed by atoms with E-state index in [4.69, 9.17) is 9.97 Å². The van der Waals surface area contributed by atoms with E-state index in [1.54, 1.807) is 6.07 Å². The molecule has 0 aliphatic heterocycles. The summed E-state index contributed by atoms with van der Waals surface area (Å²) < 4.78 is 29.2. The van der Waals surface area contributed by atoms with Crippen LogP contribution in [0.25, 0.3) is 39.4 Å². The van der Waals surface area contributed by atoms with Gasteiger partial charge in [-0.15, -0.1) is 5.11 Å². The zero-order valence-corrected chi connectivity index (χ0v) is 24.7. The van der Waals surface area contributed by atoms with Gasteiger partial charge in [0.1, 0.15) is 5.69 Å². The number of nitrogens with zero attached hydrogens (tertiary/aromatic N) is 7. The monoisotopic (exact) mass is 625 g/mol. The van der Waals surface area contributed by atoms with Crippen LogP contribution in [0.15, 0.2) is 148 Å². The van der Waals surface area contributed by atoms with Crippen LogP contribution >= 0.6 is 0 Å². The van der Waals surface area contributed by atoms with Crippen molar-refractivity contribution in [3.05, 3.63) is 138 Å². The number of aromatic amines is 1. The molecule has 0 bridgehead atoms. The Morgan fingerprint density at radius 2 is 1.28 bits per heavy atom. The second kappa shape index (κ2) is 12.0. The normalized spacial score (nSPS) is 11.7. The molecule has 3 aromatic heterocycles. The van der Waals surface area contributed by atoms with E-state index in [9.17, 15) is 13.2 Å². The maximum Gasteiger partial charge on any atom is 0.301 e. The summed E-state index contributed by atoms with van der Waals surface area (Å²) in [7, 11) is -3.94. The fourth-order valence-corrected chi connectivity index (χ4v) is 5.70. The van der Waals surface area contributed by atoms with Gasteiger partial charge in [0.25, 0.3) is 10.0 Å². The van der Waals surface area contributed by atoms with Gasteiger partial charge in [0, 0.05) is 23.5 Å². The van der Waals surface area contributed by atoms with E-state index >= 15 is 0 Å². The van der Waals surface area contributed by atoms with Crippen molar-refractivity contribution in [2.45, 2.75) is 4.90 Å². The molecule has 224 valence electrons. The van der Waals surface area contributed by atoms with Crippen molar-refractivity contribution in [3.63, 3.8) is 0 Å². The van der Waals surface area contributed by atoms with E-state index in [0.717, 1.165) is 5.56 Å². The van der Waals surface area contributed by atoms with Crippen LogP contribution in [0.2, 0.25) is 0 Å². The average Bonchev–Trinajstić information content (AvgIpc) is 3.43. The Balaban J connectivity index is 1.30. The van der Waals surface area contributed by atoms with Crippen molar-refractivity contribution in [1.29, 1.82) is 0 Å². The maximum absolute atomic E-state index is 14.1. The van der Waals surface area contributed by atoms with Crippen molar-refractivity contribution in [3.8, 4) is 28.3 Å². The third-order valence-electron chi connectivity index (χ3n) is 6.94. The molecule has 0 saturated heterocycles. The fourth-order valence-electron chi connectivity index (χ4n) is 4.74. The van der Waals surface area contributed by atoms with Gasteiger partial charge in [0.05, 0.1) is 27.3 Å². The lowest BCUT2D eigenvalue weighted by Crippen LogP contribution is -2.17. The van der Waals surface area contributed by atoms with E-state index in [-0.39, 0.29) is 16.5 Å². The summed E-state index contributed by atoms with van der Waals surface area (Å²) in [6, 6.07) is 33.5. The molecule has 2 N–H and O–H groups in total. The van der Waals surface area contributed by atoms with Crippen LogP contribution in [0.1, 0.15) is 0 Å². The van der Waals surface area contributed by atoms with E-state index in [1.165, 1.54) is 41.3 Å². The average molecular weight is 626 g/mol. The molecule has 12 nitrogen and oxygen atoms in total. The zero-order valence-electron chi connectivity index (χ0n) is 23.9. The zero-order chi connectivity index (χ0) is 31.5. The second-order valence-electron chi connectivity index (χ2n) is 9.96. The first-order chi connectivity index (χ1) is 22.5. The van der Waals surface area contributed by atoms with Gasteiger partial charge in [-0.05, 0) is 42.5 Å². The largest absolute Gasteiger partial charge is 0.301 e. The van der Waals surface area contributed by atoms with Gasteiger partial charge in [-0.1, -0.05) is 72.8 Å². The van der Waals surface area contributed by atoms with E-state index < -0.39 is 15.6 Å². The van der Waals surface area contributed by atoms with Gasteiger partial charge < -0.3 is 0 Å². The molecule has 0 atom stereocenters. The molecule has 0 aliphatic rings. The summed E-state index contributed by atoms with van der Waals surface area (Å²) in [6.45, 7) is 0. The number of hydrogen-bond donors (Lipinski definition) is 2. The molecule has 3 heterocycles. The third-order valence-corrected chi connectivity index (χ3v) is 8.29. The van der Waals surface area contributed by atoms with Gasteiger partial charge in [0.15, 0.2) is 11.5 Å². The lowest BCUT2D eigenvalue weighted by molar-refractivity contribution is 0.601. The number of benzene rings is 4. The number of fused-ring (bicyclic) bond motifs is 1. The first-order valence-corrected chi connectivity index (χ1v) is 15.5. The predicted molar refractivity (Wildman–Crippen MR) is 174 cm³/mol. The minimum absolute atomic E-state index is 0.0174. The summed E-state index contributed by atoms with van der Waals surface area (Å²) >= 11 is 0. The van der Waals surface area contributed by atoms with Crippen molar-refractivity contribution in [2.75, 3.05) is 4.72 Å². The van der Waals surface area contributed by atoms with Crippen LogP contribution in [0.3, 0.4) is 0 Å². The number of para-hydroxylation sites is 2. The molecule has 0 unspecified atom stereocenters. The Morgan fingerprint density at radius 3 is 1.96 bits per heavy atom. The van der Waals surface area contributed by atoms with Crippen molar-refractivity contribution in [2.24, 2.45) is 10.2 Å². The van der Waals surface area contributed by atoms with Crippen LogP contribution in [0.5, 0.6) is 0 Å². The smallest absolute Gasteiger partial charge is 0.286 e. The van der Waals surface area contributed by atoms with Crippen LogP contribution < -0.4 is 10.3 Å². The molecular weight excluding hydrogens is 602 g/mol. The molecule has 0 spiro atoms. The summed E-state index contributed by atoms with van der Waals surface area (Å²) in [5.74, 6) is 0.257. The maximum atomic E-state index is 14.1. The Kier molecular flexibility index (Phi) is 7.40. The minimum Gasteiger partial charge on any atom is -0.286 e. The third kappa shape index (κ3) is 5.65. The quantitative estimate of drug-likeness (QED) is 0.184. The van der Waals surface area contributed by atoms with Gasteiger partial charge in [-0.25, -0.2) is 33.1 Å². The Morgan fingerprint density at radius 1 is 0.674 bits per heavy atom. The highest BCUT2D eigenvalue weighted by atomic mass is 32.2.